The van der Waals surface area contributed by atoms with E-state index in [2.05, 4.69) is 0 Å². The second-order valence-corrected chi connectivity index (χ2v) is 25.0. The zero-order valence-electron chi connectivity index (χ0n) is 56.1. The molecule has 12 rings (SSSR count). The fourth-order valence-corrected chi connectivity index (χ4v) is 12.5. The van der Waals surface area contributed by atoms with Crippen molar-refractivity contribution in [3.63, 3.8) is 0 Å². The van der Waals surface area contributed by atoms with Gasteiger partial charge in [-0.05, 0) is 50.1 Å². The normalized spacial score (nSPS) is 25.3. The standard InChI is InChI=1S/C83H90O17/c84-46-47-89-79-77(93-54-66-40-22-7-23-41-66)74(99-81-80(95-56-68-44-26-9-27-45-68)76(92-53-65-38-20-6-21-39-65)73(90-51-63-34-16-4-17-35-63)70(97-81)58-87-49-61-30-12-2-13-31-61)71(59-88-50-62-32-14-3-15-33-62)98-83(79)100-82-78(94-55-67-42-24-8-25-43-67)75(91-52-64-36-18-5-19-37-64)72(85)69(96-82)57-86-48-60-28-10-1-11-29-60/h1-45,69-85H,46-59H2/t69-,70-,71-,72-,73+,74+,75+,76+,77+,78-,79-,80-,81-,82+,83+/m1/s1. The monoisotopic (exact) mass is 1360 g/mol. The van der Waals surface area contributed by atoms with E-state index >= 15 is 0 Å². The lowest BCUT2D eigenvalue weighted by atomic mass is 9.95. The Morgan fingerprint density at radius 1 is 0.240 bits per heavy atom. The van der Waals surface area contributed by atoms with Gasteiger partial charge in [0.05, 0.1) is 92.5 Å². The van der Waals surface area contributed by atoms with Gasteiger partial charge in [0.2, 0.25) is 0 Å². The van der Waals surface area contributed by atoms with Crippen LogP contribution in [0.1, 0.15) is 50.1 Å². The highest BCUT2D eigenvalue weighted by atomic mass is 16.8. The van der Waals surface area contributed by atoms with E-state index in [1.54, 1.807) is 0 Å². The Morgan fingerprint density at radius 3 is 0.820 bits per heavy atom. The maximum atomic E-state index is 12.6. The molecule has 17 heteroatoms. The first-order chi connectivity index (χ1) is 49.5. The summed E-state index contributed by atoms with van der Waals surface area (Å²) in [5.41, 5.74) is 8.18. The van der Waals surface area contributed by atoms with Gasteiger partial charge in [-0.15, -0.1) is 0 Å². The molecule has 3 aliphatic heterocycles. The molecule has 0 spiro atoms. The number of ether oxygens (including phenoxy) is 15. The number of hydrogen-bond acceptors (Lipinski definition) is 17. The summed E-state index contributed by atoms with van der Waals surface area (Å²) in [6.45, 7) is 0.866. The predicted octanol–water partition coefficient (Wildman–Crippen LogP) is 12.5. The van der Waals surface area contributed by atoms with E-state index in [0.717, 1.165) is 50.1 Å². The molecular formula is C83H90O17. The van der Waals surface area contributed by atoms with Gasteiger partial charge in [0.25, 0.3) is 0 Å². The van der Waals surface area contributed by atoms with Crippen LogP contribution >= 0.6 is 0 Å². The molecule has 0 unspecified atom stereocenters. The average molecular weight is 1360 g/mol. The van der Waals surface area contributed by atoms with Gasteiger partial charge in [-0.1, -0.05) is 273 Å². The SMILES string of the molecule is OCCO[C@H]1[C@H](O[C@@H]2O[C@H](COCc3ccccc3)[C@@H](O)[C@H](OCc3ccccc3)[C@H]2OCc2ccccc2)O[C@H](COCc2ccccc2)[C@H](O[C@H]2O[C@H](COCc3ccccc3)[C@H](OCc3ccccc3)[C@H](OCc3ccccc3)[C@H]2OCc2ccccc2)[C@@H]1OCc1ccccc1. The van der Waals surface area contributed by atoms with Crippen molar-refractivity contribution in [1.82, 2.24) is 0 Å². The molecule has 0 aromatic heterocycles. The number of aliphatic hydroxyl groups is 2. The first kappa shape index (κ1) is 72.1. The largest absolute Gasteiger partial charge is 0.394 e. The zero-order chi connectivity index (χ0) is 68.2. The van der Waals surface area contributed by atoms with Gasteiger partial charge < -0.3 is 81.3 Å². The van der Waals surface area contributed by atoms with Crippen molar-refractivity contribution in [2.24, 2.45) is 0 Å². The third-order valence-electron chi connectivity index (χ3n) is 17.7. The summed E-state index contributed by atoms with van der Waals surface area (Å²) < 4.78 is 106. The Bertz CT molecular complexity index is 3660. The zero-order valence-corrected chi connectivity index (χ0v) is 56.1. The molecule has 0 aliphatic carbocycles. The summed E-state index contributed by atoms with van der Waals surface area (Å²) in [7, 11) is 0. The third kappa shape index (κ3) is 21.2. The summed E-state index contributed by atoms with van der Waals surface area (Å²) in [4.78, 5) is 0. The van der Waals surface area contributed by atoms with Gasteiger partial charge in [0, 0.05) is 0 Å². The number of hydrogen-bond donors (Lipinski definition) is 2. The summed E-state index contributed by atoms with van der Waals surface area (Å²) in [6.07, 6.45) is -16.5. The average Bonchev–Trinajstić information content (AvgIpc) is 0.766. The molecule has 9 aromatic rings. The highest BCUT2D eigenvalue weighted by Gasteiger charge is 2.57. The molecular weight excluding hydrogens is 1270 g/mol. The van der Waals surface area contributed by atoms with Gasteiger partial charge in [0.15, 0.2) is 18.9 Å². The Balaban J connectivity index is 0.946. The first-order valence-corrected chi connectivity index (χ1v) is 34.4. The Kier molecular flexibility index (Phi) is 28.1. The van der Waals surface area contributed by atoms with Crippen molar-refractivity contribution >= 4 is 0 Å². The van der Waals surface area contributed by atoms with Crippen molar-refractivity contribution in [3.05, 3.63) is 323 Å². The van der Waals surface area contributed by atoms with E-state index in [1.807, 2.05) is 273 Å². The van der Waals surface area contributed by atoms with E-state index in [-0.39, 0.29) is 92.5 Å². The molecule has 100 heavy (non-hydrogen) atoms. The lowest BCUT2D eigenvalue weighted by molar-refractivity contribution is -0.405. The van der Waals surface area contributed by atoms with Gasteiger partial charge in [-0.2, -0.15) is 0 Å². The Hall–Kier alpha value is -7.70. The van der Waals surface area contributed by atoms with Crippen LogP contribution in [0.15, 0.2) is 273 Å². The lowest BCUT2D eigenvalue weighted by Crippen LogP contribution is -2.68. The van der Waals surface area contributed by atoms with E-state index in [0.29, 0.717) is 0 Å². The Morgan fingerprint density at radius 2 is 0.480 bits per heavy atom. The first-order valence-electron chi connectivity index (χ1n) is 34.4. The van der Waals surface area contributed by atoms with Crippen molar-refractivity contribution in [3.8, 4) is 0 Å². The molecule has 0 radical (unpaired) electrons. The maximum Gasteiger partial charge on any atom is 0.190 e. The molecule has 2 N–H and O–H groups in total. The smallest absolute Gasteiger partial charge is 0.190 e. The summed E-state index contributed by atoms with van der Waals surface area (Å²) >= 11 is 0. The summed E-state index contributed by atoms with van der Waals surface area (Å²) in [5.74, 6) is 0. The fourth-order valence-electron chi connectivity index (χ4n) is 12.5. The van der Waals surface area contributed by atoms with E-state index in [1.165, 1.54) is 0 Å². The number of benzene rings is 9. The van der Waals surface area contributed by atoms with Gasteiger partial charge in [-0.25, -0.2) is 0 Å². The Labute approximate surface area is 586 Å². The highest BCUT2D eigenvalue weighted by molar-refractivity contribution is 5.21. The second-order valence-electron chi connectivity index (χ2n) is 25.0. The number of rotatable bonds is 37. The van der Waals surface area contributed by atoms with Crippen LogP contribution in [-0.4, -0.2) is 135 Å². The van der Waals surface area contributed by atoms with Gasteiger partial charge >= 0.3 is 0 Å². The van der Waals surface area contributed by atoms with Crippen LogP contribution in [0.4, 0.5) is 0 Å². The minimum Gasteiger partial charge on any atom is -0.394 e. The van der Waals surface area contributed by atoms with Crippen molar-refractivity contribution < 1.29 is 81.3 Å². The third-order valence-corrected chi connectivity index (χ3v) is 17.7. The van der Waals surface area contributed by atoms with E-state index < -0.39 is 92.1 Å². The van der Waals surface area contributed by atoms with Gasteiger partial charge in [0.1, 0.15) is 73.2 Å². The summed E-state index contributed by atoms with van der Waals surface area (Å²) in [6, 6.07) is 88.6. The molecule has 15 atom stereocenters. The van der Waals surface area contributed by atoms with Crippen LogP contribution < -0.4 is 0 Å². The molecule has 0 bridgehead atoms. The fraction of sp³-hybridized carbons (Fsp3) is 0.349. The van der Waals surface area contributed by atoms with Crippen LogP contribution in [0.2, 0.25) is 0 Å². The molecule has 3 saturated heterocycles. The van der Waals surface area contributed by atoms with Crippen molar-refractivity contribution in [2.75, 3.05) is 33.0 Å². The molecule has 17 nitrogen and oxygen atoms in total. The molecule has 524 valence electrons. The van der Waals surface area contributed by atoms with Crippen LogP contribution in [0, 0.1) is 0 Å². The highest BCUT2D eigenvalue weighted by Crippen LogP contribution is 2.39. The molecule has 0 saturated carbocycles. The minimum absolute atomic E-state index is 0.0552. The maximum absolute atomic E-state index is 12.6. The topological polar surface area (TPSA) is 179 Å². The molecule has 0 amide bonds. The molecule has 9 aromatic carbocycles. The van der Waals surface area contributed by atoms with Crippen LogP contribution in [0.5, 0.6) is 0 Å². The summed E-state index contributed by atoms with van der Waals surface area (Å²) in [5, 5.41) is 23.4. The lowest BCUT2D eigenvalue weighted by Gasteiger charge is -2.51. The van der Waals surface area contributed by atoms with Crippen LogP contribution in [-0.2, 0) is 131 Å². The van der Waals surface area contributed by atoms with E-state index in [4.69, 9.17) is 71.1 Å². The molecule has 3 fully saturated rings. The van der Waals surface area contributed by atoms with E-state index in [9.17, 15) is 10.2 Å². The number of aliphatic hydroxyl groups excluding tert-OH is 2. The van der Waals surface area contributed by atoms with Crippen LogP contribution in [0.3, 0.4) is 0 Å². The van der Waals surface area contributed by atoms with Gasteiger partial charge in [-0.3, -0.25) is 0 Å². The quantitative estimate of drug-likeness (QED) is 0.0375. The van der Waals surface area contributed by atoms with Crippen molar-refractivity contribution in [2.45, 2.75) is 152 Å². The molecule has 3 heterocycles. The minimum atomic E-state index is -1.39. The predicted molar refractivity (Wildman–Crippen MR) is 373 cm³/mol. The van der Waals surface area contributed by atoms with Crippen LogP contribution in [0.25, 0.3) is 0 Å². The van der Waals surface area contributed by atoms with Crippen molar-refractivity contribution in [1.29, 1.82) is 0 Å². The molecule has 3 aliphatic rings. The second kappa shape index (κ2) is 38.9.